The third-order valence-corrected chi connectivity index (χ3v) is 6.35. The van der Waals surface area contributed by atoms with Crippen molar-refractivity contribution in [3.63, 3.8) is 0 Å². The number of benzene rings is 1. The van der Waals surface area contributed by atoms with Crippen molar-refractivity contribution in [3.05, 3.63) is 46.2 Å². The molecule has 1 aliphatic heterocycles. The Morgan fingerprint density at radius 1 is 1.18 bits per heavy atom. The lowest BCUT2D eigenvalue weighted by molar-refractivity contribution is -0.144. The minimum atomic E-state index is -4.76. The van der Waals surface area contributed by atoms with Crippen LogP contribution in [0, 0.1) is 6.92 Å². The van der Waals surface area contributed by atoms with Gasteiger partial charge in [-0.3, -0.25) is 4.79 Å². The average molecular weight is 486 g/mol. The molecule has 1 aromatic heterocycles. The molecule has 4 rings (SSSR count). The molecule has 11 heteroatoms. The maximum absolute atomic E-state index is 14.3. The zero-order valence-corrected chi connectivity index (χ0v) is 18.6. The van der Waals surface area contributed by atoms with Gasteiger partial charge in [0.25, 0.3) is 5.91 Å². The van der Waals surface area contributed by atoms with Gasteiger partial charge in [-0.2, -0.15) is 13.2 Å². The number of hydrogen-bond acceptors (Lipinski definition) is 3. The predicted molar refractivity (Wildman–Crippen MR) is 114 cm³/mol. The van der Waals surface area contributed by atoms with Gasteiger partial charge in [-0.25, -0.2) is 4.79 Å². The van der Waals surface area contributed by atoms with Crippen molar-refractivity contribution in [1.29, 1.82) is 0 Å². The lowest BCUT2D eigenvalue weighted by Crippen LogP contribution is -2.44. The second kappa shape index (κ2) is 8.57. The first-order chi connectivity index (χ1) is 15.5. The van der Waals surface area contributed by atoms with Crippen molar-refractivity contribution in [2.75, 3.05) is 26.3 Å². The molecule has 2 aromatic rings. The molecule has 7 nitrogen and oxygen atoms in total. The molecule has 1 aliphatic carbocycles. The minimum absolute atomic E-state index is 0.0902. The van der Waals surface area contributed by atoms with E-state index in [1.807, 2.05) is 0 Å². The number of carbonyl (C=O) groups excluding carboxylic acids is 1. The fourth-order valence-electron chi connectivity index (χ4n) is 4.38. The first-order valence-corrected chi connectivity index (χ1v) is 10.8. The molecule has 1 aromatic carbocycles. The van der Waals surface area contributed by atoms with E-state index in [0.717, 1.165) is 4.57 Å². The third kappa shape index (κ3) is 4.67. The number of carboxylic acid groups (broad SMARTS) is 1. The number of rotatable bonds is 5. The van der Waals surface area contributed by atoms with E-state index in [2.05, 4.69) is 5.32 Å². The molecule has 1 saturated carbocycles. The molecule has 2 fully saturated rings. The summed E-state index contributed by atoms with van der Waals surface area (Å²) in [5, 5.41) is 12.0. The Balaban J connectivity index is 1.93. The van der Waals surface area contributed by atoms with Crippen molar-refractivity contribution in [2.45, 2.75) is 38.0 Å². The van der Waals surface area contributed by atoms with Crippen molar-refractivity contribution in [3.8, 4) is 11.1 Å². The van der Waals surface area contributed by atoms with E-state index in [9.17, 15) is 27.9 Å². The summed E-state index contributed by atoms with van der Waals surface area (Å²) in [4.78, 5) is 26.4. The number of nitrogens with one attached hydrogen (secondary N) is 1. The zero-order valence-electron chi connectivity index (χ0n) is 17.8. The normalized spacial score (nSPS) is 17.7. The van der Waals surface area contributed by atoms with Crippen LogP contribution in [0.15, 0.2) is 24.3 Å². The Kier molecular flexibility index (Phi) is 6.09. The predicted octanol–water partition coefficient (Wildman–Crippen LogP) is 4.41. The highest BCUT2D eigenvalue weighted by Crippen LogP contribution is 2.45. The lowest BCUT2D eigenvalue weighted by atomic mass is 10.00. The summed E-state index contributed by atoms with van der Waals surface area (Å²) in [6, 6.07) is 6.26. The van der Waals surface area contributed by atoms with E-state index >= 15 is 0 Å². The van der Waals surface area contributed by atoms with Gasteiger partial charge in [0.2, 0.25) is 0 Å². The van der Waals surface area contributed by atoms with Gasteiger partial charge in [0.15, 0.2) is 0 Å². The van der Waals surface area contributed by atoms with Crippen molar-refractivity contribution in [1.82, 2.24) is 14.8 Å². The first kappa shape index (κ1) is 23.4. The number of hydrogen-bond donors (Lipinski definition) is 2. The van der Waals surface area contributed by atoms with E-state index < -0.39 is 29.4 Å². The molecule has 0 radical (unpaired) electrons. The average Bonchev–Trinajstić information content (AvgIpc) is 3.42. The molecular formula is C22H23ClF3N3O4. The topological polar surface area (TPSA) is 83.8 Å². The Bertz CT molecular complexity index is 1070. The summed E-state index contributed by atoms with van der Waals surface area (Å²) in [6.07, 6.45) is -5.30. The van der Waals surface area contributed by atoms with Gasteiger partial charge in [0, 0.05) is 30.2 Å². The van der Waals surface area contributed by atoms with E-state index in [0.29, 0.717) is 36.6 Å². The van der Waals surface area contributed by atoms with Crippen LogP contribution in [0.2, 0.25) is 5.02 Å². The fraction of sp³-hybridized carbons (Fsp3) is 0.455. The Morgan fingerprint density at radius 3 is 2.30 bits per heavy atom. The standard InChI is InChI=1S/C22H23ClF3N3O4/c1-13-16(14-2-4-15(23)5-3-14)17(19(30)28-8-10-33-11-9-28)29(18(13)22(24,25)26)12-21(6-7-21)27-20(31)32/h2-5,27H,6-12H2,1H3,(H,31,32). The van der Waals surface area contributed by atoms with Gasteiger partial charge in [-0.05, 0) is 43.0 Å². The molecule has 0 bridgehead atoms. The molecule has 33 heavy (non-hydrogen) atoms. The zero-order chi connectivity index (χ0) is 24.0. The van der Waals surface area contributed by atoms with E-state index in [4.69, 9.17) is 16.3 Å². The van der Waals surface area contributed by atoms with Crippen molar-refractivity contribution in [2.24, 2.45) is 0 Å². The van der Waals surface area contributed by atoms with E-state index in [1.165, 1.54) is 11.8 Å². The van der Waals surface area contributed by atoms with Crippen LogP contribution in [0.5, 0.6) is 0 Å². The molecule has 2 aliphatic rings. The Hall–Kier alpha value is -2.72. The van der Waals surface area contributed by atoms with E-state index in [-0.39, 0.29) is 36.5 Å². The molecule has 0 atom stereocenters. The highest BCUT2D eigenvalue weighted by atomic mass is 35.5. The summed E-state index contributed by atoms with van der Waals surface area (Å²) in [7, 11) is 0. The number of halogens is 4. The van der Waals surface area contributed by atoms with E-state index in [1.54, 1.807) is 24.3 Å². The first-order valence-electron chi connectivity index (χ1n) is 10.5. The lowest BCUT2D eigenvalue weighted by Gasteiger charge is -2.29. The quantitative estimate of drug-likeness (QED) is 0.657. The molecule has 1 saturated heterocycles. The largest absolute Gasteiger partial charge is 0.465 e. The van der Waals surface area contributed by atoms with Gasteiger partial charge in [0.1, 0.15) is 11.4 Å². The summed E-state index contributed by atoms with van der Waals surface area (Å²) in [5.74, 6) is -0.548. The molecule has 178 valence electrons. The number of amides is 2. The Labute approximate surface area is 193 Å². The molecule has 2 N–H and O–H groups in total. The van der Waals surface area contributed by atoms with Crippen LogP contribution >= 0.6 is 11.6 Å². The monoisotopic (exact) mass is 485 g/mol. The van der Waals surface area contributed by atoms with Crippen molar-refractivity contribution < 1.29 is 32.6 Å². The summed E-state index contributed by atoms with van der Waals surface area (Å²) < 4.78 is 49.2. The maximum Gasteiger partial charge on any atom is 0.431 e. The van der Waals surface area contributed by atoms with Crippen LogP contribution in [0.1, 0.15) is 34.6 Å². The highest BCUT2D eigenvalue weighted by Gasteiger charge is 2.49. The van der Waals surface area contributed by atoms with Crippen LogP contribution < -0.4 is 5.32 Å². The van der Waals surface area contributed by atoms with Crippen molar-refractivity contribution >= 4 is 23.6 Å². The second-order valence-electron chi connectivity index (χ2n) is 8.40. The van der Waals surface area contributed by atoms with Crippen LogP contribution in [0.4, 0.5) is 18.0 Å². The molecule has 0 spiro atoms. The van der Waals surface area contributed by atoms with Crippen LogP contribution in [0.3, 0.4) is 0 Å². The second-order valence-corrected chi connectivity index (χ2v) is 8.84. The van der Waals surface area contributed by atoms with Crippen LogP contribution in [-0.2, 0) is 17.5 Å². The fourth-order valence-corrected chi connectivity index (χ4v) is 4.51. The smallest absolute Gasteiger partial charge is 0.431 e. The maximum atomic E-state index is 14.3. The van der Waals surface area contributed by atoms with Gasteiger partial charge in [-0.1, -0.05) is 23.7 Å². The van der Waals surface area contributed by atoms with Gasteiger partial charge in [-0.15, -0.1) is 0 Å². The number of nitrogens with zero attached hydrogens (tertiary/aromatic N) is 2. The number of morpholine rings is 1. The molecular weight excluding hydrogens is 463 g/mol. The molecule has 0 unspecified atom stereocenters. The number of carbonyl (C=O) groups is 2. The van der Waals surface area contributed by atoms with Gasteiger partial charge < -0.3 is 24.6 Å². The van der Waals surface area contributed by atoms with Gasteiger partial charge >= 0.3 is 12.3 Å². The molecule has 2 amide bonds. The summed E-state index contributed by atoms with van der Waals surface area (Å²) in [6.45, 7) is 2.13. The molecule has 2 heterocycles. The highest BCUT2D eigenvalue weighted by molar-refractivity contribution is 6.30. The summed E-state index contributed by atoms with van der Waals surface area (Å²) in [5.41, 5.74) is -1.61. The summed E-state index contributed by atoms with van der Waals surface area (Å²) >= 11 is 5.98. The van der Waals surface area contributed by atoms with Crippen LogP contribution in [0.25, 0.3) is 11.1 Å². The SMILES string of the molecule is Cc1c(-c2ccc(Cl)cc2)c(C(=O)N2CCOCC2)n(CC2(NC(=O)O)CC2)c1C(F)(F)F. The minimum Gasteiger partial charge on any atom is -0.465 e. The van der Waals surface area contributed by atoms with Crippen LogP contribution in [-0.4, -0.2) is 58.4 Å². The number of ether oxygens (including phenoxy) is 1. The Morgan fingerprint density at radius 2 is 1.79 bits per heavy atom. The third-order valence-electron chi connectivity index (χ3n) is 6.10. The van der Waals surface area contributed by atoms with Gasteiger partial charge in [0.05, 0.1) is 18.8 Å². The number of aromatic nitrogens is 1. The number of alkyl halides is 3.